The molecule has 3 unspecified atom stereocenters. The summed E-state index contributed by atoms with van der Waals surface area (Å²) in [7, 11) is 0. The van der Waals surface area contributed by atoms with Crippen LogP contribution in [0.1, 0.15) is 120 Å². The van der Waals surface area contributed by atoms with Gasteiger partial charge in [0.15, 0.2) is 0 Å². The molecule has 2 nitrogen and oxygen atoms in total. The lowest BCUT2D eigenvalue weighted by Crippen LogP contribution is -2.62. The molecule has 5 aliphatic carbocycles. The van der Waals surface area contributed by atoms with Gasteiger partial charge in [-0.25, -0.2) is 0 Å². The number of hydrogen-bond donors (Lipinski definition) is 0. The van der Waals surface area contributed by atoms with Gasteiger partial charge in [-0.3, -0.25) is 4.79 Å². The molecule has 5 aliphatic rings. The Morgan fingerprint density at radius 3 is 2.31 bits per heavy atom. The van der Waals surface area contributed by atoms with Crippen molar-refractivity contribution in [2.45, 2.75) is 126 Å². The SMILES string of the molecule is CC(C)OC(=O)[C@@]1(C)CC[C@]2(C)CC[C@]3(C)C(=CCC4[C@@]5(C)CC=CC(C)(C)C5CC[C@]43C)C2C1. The average Bonchev–Trinajstić information content (AvgIpc) is 2.74. The first-order chi connectivity index (χ1) is 16.1. The number of carbonyl (C=O) groups is 1. The monoisotopic (exact) mass is 480 g/mol. The maximum Gasteiger partial charge on any atom is 0.312 e. The summed E-state index contributed by atoms with van der Waals surface area (Å²) < 4.78 is 5.80. The van der Waals surface area contributed by atoms with Gasteiger partial charge < -0.3 is 4.74 Å². The lowest BCUT2D eigenvalue weighted by atomic mass is 9.34. The van der Waals surface area contributed by atoms with Crippen LogP contribution in [0.15, 0.2) is 23.8 Å². The Balaban J connectivity index is 1.53. The lowest BCUT2D eigenvalue weighted by molar-refractivity contribution is -0.172. The quantitative estimate of drug-likeness (QED) is 0.291. The molecule has 2 heteroatoms. The lowest BCUT2D eigenvalue weighted by Gasteiger charge is -2.70. The van der Waals surface area contributed by atoms with Crippen molar-refractivity contribution < 1.29 is 9.53 Å². The molecule has 35 heavy (non-hydrogen) atoms. The number of esters is 1. The minimum absolute atomic E-state index is 0.0339. The topological polar surface area (TPSA) is 26.3 Å². The van der Waals surface area contributed by atoms with Gasteiger partial charge in [0.25, 0.3) is 0 Å². The fourth-order valence-corrected chi connectivity index (χ4v) is 10.5. The van der Waals surface area contributed by atoms with E-state index in [4.69, 9.17) is 4.74 Å². The van der Waals surface area contributed by atoms with E-state index < -0.39 is 0 Å². The third-order valence-corrected chi connectivity index (χ3v) is 12.9. The van der Waals surface area contributed by atoms with E-state index in [1.165, 1.54) is 38.5 Å². The maximum atomic E-state index is 13.3. The minimum atomic E-state index is -0.354. The largest absolute Gasteiger partial charge is 0.463 e. The van der Waals surface area contributed by atoms with Crippen LogP contribution in [0.25, 0.3) is 0 Å². The molecular weight excluding hydrogens is 428 g/mol. The van der Waals surface area contributed by atoms with Gasteiger partial charge in [-0.05, 0) is 123 Å². The molecule has 0 aromatic rings. The summed E-state index contributed by atoms with van der Waals surface area (Å²) in [5.74, 6) is 2.04. The van der Waals surface area contributed by atoms with E-state index in [9.17, 15) is 4.79 Å². The molecule has 0 amide bonds. The summed E-state index contributed by atoms with van der Waals surface area (Å²) in [5.41, 5.74) is 2.93. The third-order valence-electron chi connectivity index (χ3n) is 12.9. The first-order valence-corrected chi connectivity index (χ1v) is 14.7. The minimum Gasteiger partial charge on any atom is -0.463 e. The fourth-order valence-electron chi connectivity index (χ4n) is 10.5. The molecule has 3 fully saturated rings. The highest BCUT2D eigenvalue weighted by atomic mass is 16.5. The Hall–Kier alpha value is -1.05. The van der Waals surface area contributed by atoms with Crippen LogP contribution in [0.4, 0.5) is 0 Å². The van der Waals surface area contributed by atoms with E-state index in [-0.39, 0.29) is 22.9 Å². The van der Waals surface area contributed by atoms with Crippen molar-refractivity contribution >= 4 is 5.97 Å². The van der Waals surface area contributed by atoms with Crippen molar-refractivity contribution in [3.05, 3.63) is 23.8 Å². The molecule has 3 saturated carbocycles. The summed E-state index contributed by atoms with van der Waals surface area (Å²) >= 11 is 0. The first kappa shape index (κ1) is 25.6. The molecular formula is C33H52O2. The summed E-state index contributed by atoms with van der Waals surface area (Å²) in [4.78, 5) is 13.3. The molecule has 0 aromatic heterocycles. The molecule has 0 N–H and O–H groups in total. The number of hydrogen-bond acceptors (Lipinski definition) is 2. The van der Waals surface area contributed by atoms with E-state index in [1.54, 1.807) is 5.57 Å². The van der Waals surface area contributed by atoms with Crippen LogP contribution in [-0.4, -0.2) is 12.1 Å². The highest BCUT2D eigenvalue weighted by Crippen LogP contribution is 2.75. The van der Waals surface area contributed by atoms with Gasteiger partial charge in [-0.1, -0.05) is 65.3 Å². The summed E-state index contributed by atoms with van der Waals surface area (Å²) in [5, 5.41) is 0. The van der Waals surface area contributed by atoms with E-state index in [0.717, 1.165) is 31.1 Å². The second kappa shape index (κ2) is 7.73. The number of carbonyl (C=O) groups excluding carboxylic acids is 1. The van der Waals surface area contributed by atoms with E-state index in [1.807, 2.05) is 13.8 Å². The Morgan fingerprint density at radius 1 is 0.943 bits per heavy atom. The molecule has 0 heterocycles. The average molecular weight is 481 g/mol. The second-order valence-corrected chi connectivity index (χ2v) is 15.6. The van der Waals surface area contributed by atoms with Crippen molar-refractivity contribution in [1.82, 2.24) is 0 Å². The van der Waals surface area contributed by atoms with E-state index in [2.05, 4.69) is 66.7 Å². The smallest absolute Gasteiger partial charge is 0.312 e. The van der Waals surface area contributed by atoms with E-state index in [0.29, 0.717) is 27.6 Å². The Morgan fingerprint density at radius 2 is 1.63 bits per heavy atom. The van der Waals surface area contributed by atoms with Gasteiger partial charge in [0, 0.05) is 0 Å². The van der Waals surface area contributed by atoms with Crippen molar-refractivity contribution in [1.29, 1.82) is 0 Å². The van der Waals surface area contributed by atoms with Crippen LogP contribution in [0.5, 0.6) is 0 Å². The zero-order valence-corrected chi connectivity index (χ0v) is 24.2. The van der Waals surface area contributed by atoms with Gasteiger partial charge in [-0.15, -0.1) is 0 Å². The Bertz CT molecular complexity index is 956. The maximum absolute atomic E-state index is 13.3. The molecule has 0 bridgehead atoms. The molecule has 196 valence electrons. The summed E-state index contributed by atoms with van der Waals surface area (Å²) in [6.07, 6.45) is 18.5. The van der Waals surface area contributed by atoms with Crippen molar-refractivity contribution in [2.24, 2.45) is 50.2 Å². The zero-order valence-electron chi connectivity index (χ0n) is 24.2. The summed E-state index contributed by atoms with van der Waals surface area (Å²) in [6, 6.07) is 0. The van der Waals surface area contributed by atoms with Crippen LogP contribution in [-0.2, 0) is 9.53 Å². The van der Waals surface area contributed by atoms with Crippen LogP contribution in [0, 0.1) is 50.2 Å². The summed E-state index contributed by atoms with van der Waals surface area (Å²) in [6.45, 7) is 21.6. The van der Waals surface area contributed by atoms with Gasteiger partial charge >= 0.3 is 5.97 Å². The molecule has 0 aromatic carbocycles. The highest BCUT2D eigenvalue weighted by molar-refractivity contribution is 5.77. The molecule has 0 spiro atoms. The predicted molar refractivity (Wildman–Crippen MR) is 145 cm³/mol. The van der Waals surface area contributed by atoms with Gasteiger partial charge in [-0.2, -0.15) is 0 Å². The second-order valence-electron chi connectivity index (χ2n) is 15.6. The Kier molecular flexibility index (Phi) is 5.65. The molecule has 0 aliphatic heterocycles. The van der Waals surface area contributed by atoms with Crippen LogP contribution >= 0.6 is 0 Å². The molecule has 0 saturated heterocycles. The van der Waals surface area contributed by atoms with Gasteiger partial charge in [0.05, 0.1) is 11.5 Å². The number of allylic oxidation sites excluding steroid dienone is 4. The standard InChI is InChI=1S/C33H52O2/c1-22(2)35-27(34)30(6)18-17-29(5)19-20-32(8)23(24(29)21-30)11-12-26-31(7)15-10-14-28(3,4)25(31)13-16-33(26,32)9/h10-11,14,22,24-26H,12-13,15-21H2,1-9H3/t24?,25?,26?,29-,30+,31+,32-,33-/m1/s1. The van der Waals surface area contributed by atoms with Crippen LogP contribution < -0.4 is 0 Å². The number of ether oxygens (including phenoxy) is 1. The first-order valence-electron chi connectivity index (χ1n) is 14.7. The molecule has 0 radical (unpaired) electrons. The van der Waals surface area contributed by atoms with Crippen LogP contribution in [0.3, 0.4) is 0 Å². The fraction of sp³-hybridized carbons (Fsp3) is 0.848. The molecule has 5 rings (SSSR count). The third kappa shape index (κ3) is 3.43. The molecule has 8 atom stereocenters. The van der Waals surface area contributed by atoms with Gasteiger partial charge in [0.1, 0.15) is 0 Å². The van der Waals surface area contributed by atoms with Crippen molar-refractivity contribution in [2.75, 3.05) is 0 Å². The zero-order chi connectivity index (χ0) is 25.7. The number of fused-ring (bicyclic) bond motifs is 7. The van der Waals surface area contributed by atoms with Crippen molar-refractivity contribution in [3.63, 3.8) is 0 Å². The Labute approximate surface area is 215 Å². The number of rotatable bonds is 2. The van der Waals surface area contributed by atoms with E-state index >= 15 is 0 Å². The normalized spacial score (nSPS) is 50.3. The predicted octanol–water partition coefficient (Wildman–Crippen LogP) is 8.91. The van der Waals surface area contributed by atoms with Crippen LogP contribution in [0.2, 0.25) is 0 Å². The highest BCUT2D eigenvalue weighted by Gasteiger charge is 2.67. The van der Waals surface area contributed by atoms with Gasteiger partial charge in [0.2, 0.25) is 0 Å². The van der Waals surface area contributed by atoms with Crippen molar-refractivity contribution in [3.8, 4) is 0 Å².